The Balaban J connectivity index is 0.00000121. The Bertz CT molecular complexity index is 264. The number of hydrogen-bond acceptors (Lipinski definition) is 5. The van der Waals surface area contributed by atoms with Crippen molar-refractivity contribution >= 4 is 39.4 Å². The molecule has 0 atom stereocenters. The molecule has 0 aliphatic heterocycles. The normalized spacial score (nSPS) is 8.75. The summed E-state index contributed by atoms with van der Waals surface area (Å²) in [5.41, 5.74) is 5.31. The first-order valence-electron chi connectivity index (χ1n) is 3.12. The molecule has 0 saturated heterocycles. The molecule has 6 heteroatoms. The Morgan fingerprint density at radius 3 is 2.92 bits per heavy atom. The van der Waals surface area contributed by atoms with Crippen LogP contribution in [-0.2, 0) is 4.74 Å². The van der Waals surface area contributed by atoms with E-state index >= 15 is 0 Å². The predicted molar refractivity (Wildman–Crippen MR) is 52.8 cm³/mol. The van der Waals surface area contributed by atoms with Gasteiger partial charge in [0.05, 0.1) is 12.8 Å². The van der Waals surface area contributed by atoms with Crippen molar-refractivity contribution in [1.29, 1.82) is 0 Å². The minimum absolute atomic E-state index is 0. The van der Waals surface area contributed by atoms with E-state index in [2.05, 4.69) is 4.98 Å². The number of anilines is 1. The second kappa shape index (κ2) is 5.10. The van der Waals surface area contributed by atoms with Crippen LogP contribution in [0, 0.1) is 0 Å². The Hall–Kier alpha value is -0.620. The smallest absolute Gasteiger partial charge is 0.350 e. The monoisotopic (exact) mass is 252 g/mol. The first kappa shape index (κ1) is 11.4. The lowest BCUT2D eigenvalue weighted by Gasteiger charge is -1.95. The molecule has 0 aliphatic carbocycles. The fourth-order valence-electron chi connectivity index (χ4n) is 0.584. The van der Waals surface area contributed by atoms with Gasteiger partial charge < -0.3 is 10.5 Å². The Morgan fingerprint density at radius 1 is 1.83 bits per heavy atom. The Kier molecular flexibility index (Phi) is 4.84. The SMILES string of the molecule is Br.CCOC(=O)c1cnc(N)s1. The second-order valence-electron chi connectivity index (χ2n) is 1.78. The molecule has 68 valence electrons. The maximum atomic E-state index is 11.0. The van der Waals surface area contributed by atoms with Crippen LogP contribution in [-0.4, -0.2) is 17.6 Å². The molecule has 1 aromatic rings. The molecule has 2 N–H and O–H groups in total. The van der Waals surface area contributed by atoms with E-state index in [1.165, 1.54) is 6.20 Å². The zero-order valence-corrected chi connectivity index (χ0v) is 8.97. The van der Waals surface area contributed by atoms with Gasteiger partial charge in [0.2, 0.25) is 0 Å². The highest BCUT2D eigenvalue weighted by Crippen LogP contribution is 2.14. The molecule has 0 bridgehead atoms. The van der Waals surface area contributed by atoms with Crippen molar-refractivity contribution in [3.8, 4) is 0 Å². The Labute approximate surface area is 84.5 Å². The van der Waals surface area contributed by atoms with Crippen LogP contribution in [0.3, 0.4) is 0 Å². The average Bonchev–Trinajstić information content (AvgIpc) is 2.36. The summed E-state index contributed by atoms with van der Waals surface area (Å²) in [7, 11) is 0. The van der Waals surface area contributed by atoms with Crippen molar-refractivity contribution in [3.63, 3.8) is 0 Å². The predicted octanol–water partition coefficient (Wildman–Crippen LogP) is 1.48. The molecular formula is C6H9BrN2O2S. The van der Waals surface area contributed by atoms with Gasteiger partial charge in [0, 0.05) is 0 Å². The average molecular weight is 253 g/mol. The molecule has 1 heterocycles. The van der Waals surface area contributed by atoms with Crippen molar-refractivity contribution < 1.29 is 9.53 Å². The van der Waals surface area contributed by atoms with Gasteiger partial charge in [-0.2, -0.15) is 0 Å². The number of ether oxygens (including phenoxy) is 1. The third-order valence-electron chi connectivity index (χ3n) is 1.00. The quantitative estimate of drug-likeness (QED) is 0.811. The van der Waals surface area contributed by atoms with E-state index in [0.29, 0.717) is 16.6 Å². The van der Waals surface area contributed by atoms with Crippen LogP contribution in [0.1, 0.15) is 16.6 Å². The maximum absolute atomic E-state index is 11.0. The van der Waals surface area contributed by atoms with Crippen molar-refractivity contribution in [1.82, 2.24) is 4.98 Å². The van der Waals surface area contributed by atoms with Gasteiger partial charge in [0.1, 0.15) is 4.88 Å². The number of nitrogen functional groups attached to an aromatic ring is 1. The molecule has 0 saturated carbocycles. The van der Waals surface area contributed by atoms with E-state index in [-0.39, 0.29) is 23.0 Å². The van der Waals surface area contributed by atoms with E-state index in [1.807, 2.05) is 0 Å². The van der Waals surface area contributed by atoms with Crippen LogP contribution in [0.25, 0.3) is 0 Å². The highest BCUT2D eigenvalue weighted by atomic mass is 79.9. The molecule has 12 heavy (non-hydrogen) atoms. The summed E-state index contributed by atoms with van der Waals surface area (Å²) < 4.78 is 4.72. The van der Waals surface area contributed by atoms with Crippen molar-refractivity contribution in [2.24, 2.45) is 0 Å². The van der Waals surface area contributed by atoms with Gasteiger partial charge >= 0.3 is 5.97 Å². The van der Waals surface area contributed by atoms with E-state index in [1.54, 1.807) is 6.92 Å². The van der Waals surface area contributed by atoms with E-state index in [9.17, 15) is 4.79 Å². The second-order valence-corrected chi connectivity index (χ2v) is 2.85. The van der Waals surface area contributed by atoms with Gasteiger partial charge in [-0.15, -0.1) is 17.0 Å². The summed E-state index contributed by atoms with van der Waals surface area (Å²) in [6.07, 6.45) is 1.41. The van der Waals surface area contributed by atoms with Gasteiger partial charge in [-0.05, 0) is 6.92 Å². The summed E-state index contributed by atoms with van der Waals surface area (Å²) in [5, 5.41) is 0.382. The van der Waals surface area contributed by atoms with E-state index < -0.39 is 0 Å². The zero-order chi connectivity index (χ0) is 8.27. The third kappa shape index (κ3) is 2.78. The van der Waals surface area contributed by atoms with Crippen molar-refractivity contribution in [3.05, 3.63) is 11.1 Å². The van der Waals surface area contributed by atoms with Crippen LogP contribution in [0.4, 0.5) is 5.13 Å². The fraction of sp³-hybridized carbons (Fsp3) is 0.333. The van der Waals surface area contributed by atoms with Gasteiger partial charge in [0.15, 0.2) is 5.13 Å². The third-order valence-corrected chi connectivity index (χ3v) is 1.81. The van der Waals surface area contributed by atoms with E-state index in [4.69, 9.17) is 10.5 Å². The molecule has 0 amide bonds. The molecule has 0 aromatic carbocycles. The summed E-state index contributed by atoms with van der Waals surface area (Å²) in [6, 6.07) is 0. The molecule has 1 aromatic heterocycles. The topological polar surface area (TPSA) is 65.2 Å². The van der Waals surface area contributed by atoms with Crippen molar-refractivity contribution in [2.45, 2.75) is 6.92 Å². The van der Waals surface area contributed by atoms with Gasteiger partial charge in [-0.25, -0.2) is 9.78 Å². The van der Waals surface area contributed by atoms with Crippen LogP contribution >= 0.6 is 28.3 Å². The summed E-state index contributed by atoms with van der Waals surface area (Å²) >= 11 is 1.13. The fourth-order valence-corrected chi connectivity index (χ4v) is 1.16. The van der Waals surface area contributed by atoms with Crippen LogP contribution in [0.5, 0.6) is 0 Å². The number of rotatable bonds is 2. The number of halogens is 1. The van der Waals surface area contributed by atoms with E-state index in [0.717, 1.165) is 11.3 Å². The van der Waals surface area contributed by atoms with Crippen LogP contribution in [0.2, 0.25) is 0 Å². The molecule has 0 spiro atoms. The van der Waals surface area contributed by atoms with Crippen molar-refractivity contribution in [2.75, 3.05) is 12.3 Å². The van der Waals surface area contributed by atoms with Crippen LogP contribution < -0.4 is 5.73 Å². The molecule has 1 rings (SSSR count). The molecule has 0 aliphatic rings. The number of carbonyl (C=O) groups is 1. The summed E-state index contributed by atoms with van der Waals surface area (Å²) in [6.45, 7) is 2.12. The van der Waals surface area contributed by atoms with Crippen LogP contribution in [0.15, 0.2) is 6.20 Å². The zero-order valence-electron chi connectivity index (χ0n) is 6.44. The molecule has 0 unspecified atom stereocenters. The minimum atomic E-state index is -0.360. The summed E-state index contributed by atoms with van der Waals surface area (Å²) in [4.78, 5) is 15.1. The minimum Gasteiger partial charge on any atom is -0.462 e. The molecule has 4 nitrogen and oxygen atoms in total. The summed E-state index contributed by atoms with van der Waals surface area (Å²) in [5.74, 6) is -0.360. The van der Waals surface area contributed by atoms with Gasteiger partial charge in [0.25, 0.3) is 0 Å². The first-order chi connectivity index (χ1) is 5.24. The Morgan fingerprint density at radius 2 is 2.50 bits per heavy atom. The lowest BCUT2D eigenvalue weighted by molar-refractivity contribution is 0.0532. The molecule has 0 radical (unpaired) electrons. The maximum Gasteiger partial charge on any atom is 0.350 e. The molecule has 0 fully saturated rings. The number of thiazole rings is 1. The lowest BCUT2D eigenvalue weighted by Crippen LogP contribution is -2.01. The highest BCUT2D eigenvalue weighted by molar-refractivity contribution is 8.93. The number of carbonyl (C=O) groups excluding carboxylic acids is 1. The van der Waals surface area contributed by atoms with Gasteiger partial charge in [-0.3, -0.25) is 0 Å². The number of esters is 1. The number of hydrogen-bond donors (Lipinski definition) is 1. The highest BCUT2D eigenvalue weighted by Gasteiger charge is 2.08. The van der Waals surface area contributed by atoms with Gasteiger partial charge in [-0.1, -0.05) is 11.3 Å². The number of nitrogens with zero attached hydrogens (tertiary/aromatic N) is 1. The first-order valence-corrected chi connectivity index (χ1v) is 3.94. The molecular weight excluding hydrogens is 244 g/mol. The number of nitrogens with two attached hydrogens (primary N) is 1. The standard InChI is InChI=1S/C6H8N2O2S.BrH/c1-2-10-5(9)4-3-8-6(7)11-4;/h3H,2H2,1H3,(H2,7,8);1H. The number of aromatic nitrogens is 1. The largest absolute Gasteiger partial charge is 0.462 e. The lowest BCUT2D eigenvalue weighted by atomic mass is 10.6.